The zero-order valence-corrected chi connectivity index (χ0v) is 13.6. The largest absolute Gasteiger partial charge is 0.449 e. The van der Waals surface area contributed by atoms with Crippen LogP contribution in [0.15, 0.2) is 0 Å². The number of nitrogens with two attached hydrogens (primary N) is 1. The molecule has 0 bridgehead atoms. The van der Waals surface area contributed by atoms with Gasteiger partial charge in [0.1, 0.15) is 0 Å². The lowest BCUT2D eigenvalue weighted by molar-refractivity contribution is 0.152. The van der Waals surface area contributed by atoms with Crippen molar-refractivity contribution < 1.29 is 17.9 Å². The molecule has 7 nitrogen and oxygen atoms in total. The zero-order valence-electron chi connectivity index (χ0n) is 12.8. The van der Waals surface area contributed by atoms with Crippen molar-refractivity contribution in [1.82, 2.24) is 9.03 Å². The van der Waals surface area contributed by atoms with Crippen LogP contribution in [-0.2, 0) is 14.9 Å². The fraction of sp³-hybridized carbons (Fsp3) is 0.917. The highest BCUT2D eigenvalue weighted by Crippen LogP contribution is 2.25. The van der Waals surface area contributed by atoms with E-state index in [4.69, 9.17) is 5.73 Å². The molecule has 0 aliphatic heterocycles. The van der Waals surface area contributed by atoms with Gasteiger partial charge >= 0.3 is 16.3 Å². The van der Waals surface area contributed by atoms with Gasteiger partial charge in [-0.1, -0.05) is 20.8 Å². The van der Waals surface area contributed by atoms with Gasteiger partial charge in [0.15, 0.2) is 0 Å². The summed E-state index contributed by atoms with van der Waals surface area (Å²) in [6, 6.07) is 0. The summed E-state index contributed by atoms with van der Waals surface area (Å²) in [5, 5.41) is 0. The average Bonchev–Trinajstić information content (AvgIpc) is 2.39. The van der Waals surface area contributed by atoms with E-state index < -0.39 is 21.8 Å². The van der Waals surface area contributed by atoms with Crippen molar-refractivity contribution in [2.45, 2.75) is 52.5 Å². The molecule has 0 aromatic rings. The van der Waals surface area contributed by atoms with E-state index in [0.717, 1.165) is 0 Å². The standard InChI is InChI=1S/C12H27N3O4S/c1-5-9-15(12(6-2,7-3)10-13)20(17,18)14-11(16)19-8-4/h5-10,13H2,1-4H3,(H,14,16). The molecule has 1 amide bonds. The van der Waals surface area contributed by atoms with Crippen LogP contribution in [0.2, 0.25) is 0 Å². The Hall–Kier alpha value is -0.860. The molecule has 120 valence electrons. The molecule has 0 unspecified atom stereocenters. The Morgan fingerprint density at radius 2 is 1.80 bits per heavy atom. The minimum Gasteiger partial charge on any atom is -0.449 e. The van der Waals surface area contributed by atoms with E-state index in [1.54, 1.807) is 6.92 Å². The Bertz CT molecular complexity index is 385. The minimum absolute atomic E-state index is 0.110. The first kappa shape index (κ1) is 19.1. The van der Waals surface area contributed by atoms with Crippen molar-refractivity contribution in [3.8, 4) is 0 Å². The molecule has 3 N–H and O–H groups in total. The summed E-state index contributed by atoms with van der Waals surface area (Å²) in [5.74, 6) is 0. The van der Waals surface area contributed by atoms with Gasteiger partial charge in [-0.25, -0.2) is 9.52 Å². The van der Waals surface area contributed by atoms with Crippen LogP contribution in [0.3, 0.4) is 0 Å². The number of nitrogens with zero attached hydrogens (tertiary/aromatic N) is 1. The maximum Gasteiger partial charge on any atom is 0.421 e. The number of carbonyl (C=O) groups is 1. The number of carbonyl (C=O) groups excluding carboxylic acids is 1. The maximum atomic E-state index is 12.4. The van der Waals surface area contributed by atoms with Gasteiger partial charge in [0.2, 0.25) is 0 Å². The van der Waals surface area contributed by atoms with Crippen LogP contribution in [0.25, 0.3) is 0 Å². The normalized spacial score (nSPS) is 12.5. The first-order valence-corrected chi connectivity index (χ1v) is 8.44. The van der Waals surface area contributed by atoms with Gasteiger partial charge in [-0.15, -0.1) is 0 Å². The smallest absolute Gasteiger partial charge is 0.421 e. The minimum atomic E-state index is -3.97. The van der Waals surface area contributed by atoms with Gasteiger partial charge in [0.25, 0.3) is 0 Å². The van der Waals surface area contributed by atoms with Crippen LogP contribution in [0.4, 0.5) is 4.79 Å². The molecular formula is C12H27N3O4S. The lowest BCUT2D eigenvalue weighted by Gasteiger charge is -2.40. The summed E-state index contributed by atoms with van der Waals surface area (Å²) in [4.78, 5) is 11.4. The molecule has 0 heterocycles. The van der Waals surface area contributed by atoms with Crippen LogP contribution >= 0.6 is 0 Å². The lowest BCUT2D eigenvalue weighted by atomic mass is 9.93. The molecule has 20 heavy (non-hydrogen) atoms. The molecule has 0 rings (SSSR count). The van der Waals surface area contributed by atoms with Crippen LogP contribution in [0.5, 0.6) is 0 Å². The van der Waals surface area contributed by atoms with Gasteiger partial charge in [-0.05, 0) is 26.2 Å². The summed E-state index contributed by atoms with van der Waals surface area (Å²) in [7, 11) is -3.97. The zero-order chi connectivity index (χ0) is 15.8. The third-order valence-corrected chi connectivity index (χ3v) is 5.00. The lowest BCUT2D eigenvalue weighted by Crippen LogP contribution is -2.59. The van der Waals surface area contributed by atoms with E-state index in [9.17, 15) is 13.2 Å². The van der Waals surface area contributed by atoms with Crippen LogP contribution in [0.1, 0.15) is 47.0 Å². The summed E-state index contributed by atoms with van der Waals surface area (Å²) >= 11 is 0. The fourth-order valence-corrected chi connectivity index (χ4v) is 3.77. The summed E-state index contributed by atoms with van der Waals surface area (Å²) in [5.41, 5.74) is 5.11. The third kappa shape index (κ3) is 4.60. The van der Waals surface area contributed by atoms with Crippen molar-refractivity contribution in [3.05, 3.63) is 0 Å². The van der Waals surface area contributed by atoms with Gasteiger partial charge in [-0.3, -0.25) is 0 Å². The predicted molar refractivity (Wildman–Crippen MR) is 78.4 cm³/mol. The maximum absolute atomic E-state index is 12.4. The van der Waals surface area contributed by atoms with E-state index in [0.29, 0.717) is 25.8 Å². The van der Waals surface area contributed by atoms with Crippen molar-refractivity contribution >= 4 is 16.3 Å². The Morgan fingerprint density at radius 1 is 1.25 bits per heavy atom. The topological polar surface area (TPSA) is 102 Å². The fourth-order valence-electron chi connectivity index (χ4n) is 2.13. The van der Waals surface area contributed by atoms with Crippen molar-refractivity contribution in [2.24, 2.45) is 5.73 Å². The SMILES string of the molecule is CCCN(C(CC)(CC)CN)S(=O)(=O)NC(=O)OCC. The second-order valence-corrected chi connectivity index (χ2v) is 6.13. The van der Waals surface area contributed by atoms with Gasteiger partial charge < -0.3 is 10.5 Å². The first-order chi connectivity index (χ1) is 9.33. The van der Waals surface area contributed by atoms with Gasteiger partial charge in [-0.2, -0.15) is 12.7 Å². The van der Waals surface area contributed by atoms with E-state index in [2.05, 4.69) is 4.74 Å². The molecule has 0 aliphatic rings. The van der Waals surface area contributed by atoms with Crippen molar-refractivity contribution in [2.75, 3.05) is 19.7 Å². The molecule has 0 saturated heterocycles. The summed E-state index contributed by atoms with van der Waals surface area (Å²) < 4.78 is 32.6. The number of rotatable bonds is 9. The van der Waals surface area contributed by atoms with E-state index in [-0.39, 0.29) is 13.2 Å². The Morgan fingerprint density at radius 3 is 2.15 bits per heavy atom. The molecule has 0 aromatic carbocycles. The van der Waals surface area contributed by atoms with E-state index in [1.807, 2.05) is 25.5 Å². The highest BCUT2D eigenvalue weighted by atomic mass is 32.2. The van der Waals surface area contributed by atoms with Crippen molar-refractivity contribution in [3.63, 3.8) is 0 Å². The quantitative estimate of drug-likeness (QED) is 0.666. The molecule has 8 heteroatoms. The second-order valence-electron chi connectivity index (χ2n) is 4.54. The Balaban J connectivity index is 5.39. The highest BCUT2D eigenvalue weighted by Gasteiger charge is 2.40. The van der Waals surface area contributed by atoms with Gasteiger partial charge in [0, 0.05) is 18.6 Å². The second kappa shape index (κ2) is 8.43. The van der Waals surface area contributed by atoms with Crippen molar-refractivity contribution in [1.29, 1.82) is 0 Å². The molecule has 0 radical (unpaired) electrons. The first-order valence-electron chi connectivity index (χ1n) is 7.00. The van der Waals surface area contributed by atoms with Crippen LogP contribution < -0.4 is 10.5 Å². The highest BCUT2D eigenvalue weighted by molar-refractivity contribution is 7.87. The average molecular weight is 309 g/mol. The number of ether oxygens (including phenoxy) is 1. The summed E-state index contributed by atoms with van der Waals surface area (Å²) in [6.07, 6.45) is 0.811. The number of nitrogens with one attached hydrogen (secondary N) is 1. The molecule has 0 aliphatic carbocycles. The number of amides is 1. The Labute approximate surface area is 122 Å². The monoisotopic (exact) mass is 309 g/mol. The summed E-state index contributed by atoms with van der Waals surface area (Å²) in [6.45, 7) is 7.87. The predicted octanol–water partition coefficient (Wildman–Crippen LogP) is 1.21. The molecular weight excluding hydrogens is 282 g/mol. The Kier molecular flexibility index (Phi) is 8.07. The molecule has 0 aromatic heterocycles. The number of hydrogen-bond donors (Lipinski definition) is 2. The van der Waals surface area contributed by atoms with E-state index in [1.165, 1.54) is 4.31 Å². The molecule has 0 spiro atoms. The molecule has 0 saturated carbocycles. The third-order valence-electron chi connectivity index (χ3n) is 3.43. The van der Waals surface area contributed by atoms with Crippen LogP contribution in [0, 0.1) is 0 Å². The van der Waals surface area contributed by atoms with Crippen LogP contribution in [-0.4, -0.2) is 44.1 Å². The number of hydrogen-bond acceptors (Lipinski definition) is 5. The molecule has 0 atom stereocenters. The molecule has 0 fully saturated rings. The van der Waals surface area contributed by atoms with Gasteiger partial charge in [0.05, 0.1) is 6.61 Å². The van der Waals surface area contributed by atoms with E-state index >= 15 is 0 Å².